The normalized spacial score (nSPS) is 16.0. The average Bonchev–Trinajstić information content (AvgIpc) is 2.63. The average molecular weight is 365 g/mol. The fourth-order valence-corrected chi connectivity index (χ4v) is 2.89. The zero-order valence-electron chi connectivity index (χ0n) is 15.0. The van der Waals surface area contributed by atoms with Crippen LogP contribution in [0, 0.1) is 5.82 Å². The first-order valence-corrected chi connectivity index (χ1v) is 8.58. The molecule has 1 N–H and O–H groups in total. The van der Waals surface area contributed by atoms with Gasteiger partial charge in [0.1, 0.15) is 11.9 Å². The van der Waals surface area contributed by atoms with E-state index in [2.05, 4.69) is 5.32 Å². The Morgan fingerprint density at radius 1 is 1.23 bits per heavy atom. The second kappa shape index (κ2) is 9.28. The van der Waals surface area contributed by atoms with Crippen molar-refractivity contribution in [2.45, 2.75) is 25.9 Å². The number of amides is 3. The summed E-state index contributed by atoms with van der Waals surface area (Å²) in [6, 6.07) is 5.11. The van der Waals surface area contributed by atoms with Gasteiger partial charge in [0, 0.05) is 33.3 Å². The van der Waals surface area contributed by atoms with E-state index in [9.17, 15) is 18.8 Å². The van der Waals surface area contributed by atoms with Crippen molar-refractivity contribution in [3.05, 3.63) is 35.6 Å². The number of nitrogens with zero attached hydrogens (tertiary/aromatic N) is 2. The van der Waals surface area contributed by atoms with E-state index in [1.807, 2.05) is 0 Å². The summed E-state index contributed by atoms with van der Waals surface area (Å²) in [6.45, 7) is 3.35. The summed E-state index contributed by atoms with van der Waals surface area (Å²) in [5, 5.41) is 2.71. The lowest BCUT2D eigenvalue weighted by Gasteiger charge is -2.37. The summed E-state index contributed by atoms with van der Waals surface area (Å²) in [5.74, 6) is -1.99. The molecule has 1 fully saturated rings. The van der Waals surface area contributed by atoms with Crippen molar-refractivity contribution in [2.24, 2.45) is 0 Å². The zero-order valence-corrected chi connectivity index (χ0v) is 15.0. The molecule has 142 valence electrons. The molecule has 26 heavy (non-hydrogen) atoms. The van der Waals surface area contributed by atoms with Crippen LogP contribution >= 0.6 is 0 Å². The molecule has 8 heteroatoms. The smallest absolute Gasteiger partial charge is 0.312 e. The van der Waals surface area contributed by atoms with Crippen molar-refractivity contribution in [1.29, 1.82) is 0 Å². The third kappa shape index (κ3) is 4.78. The van der Waals surface area contributed by atoms with Crippen molar-refractivity contribution in [2.75, 3.05) is 33.4 Å². The van der Waals surface area contributed by atoms with E-state index in [-0.39, 0.29) is 24.8 Å². The number of hydrogen-bond acceptors (Lipinski definition) is 4. The van der Waals surface area contributed by atoms with E-state index in [0.717, 1.165) is 5.56 Å². The van der Waals surface area contributed by atoms with E-state index in [4.69, 9.17) is 4.74 Å². The van der Waals surface area contributed by atoms with Gasteiger partial charge in [0.2, 0.25) is 5.91 Å². The summed E-state index contributed by atoms with van der Waals surface area (Å²) < 4.78 is 17.9. The van der Waals surface area contributed by atoms with Gasteiger partial charge in [-0.3, -0.25) is 14.4 Å². The van der Waals surface area contributed by atoms with Crippen molar-refractivity contribution in [3.8, 4) is 0 Å². The lowest BCUT2D eigenvalue weighted by atomic mass is 10.1. The Kier molecular flexibility index (Phi) is 7.08. The van der Waals surface area contributed by atoms with Gasteiger partial charge in [0.15, 0.2) is 0 Å². The van der Waals surface area contributed by atoms with Gasteiger partial charge in [-0.25, -0.2) is 4.39 Å². The standard InChI is InChI=1S/C18H24FN3O4/c1-3-15(16(23)20-8-11-26-2)22-10-9-21(17(24)18(22)25)12-13-4-6-14(19)7-5-13/h4-7,15H,3,8-12H2,1-2H3,(H,20,23)/t15-/m1/s1. The second-order valence-corrected chi connectivity index (χ2v) is 6.06. The largest absolute Gasteiger partial charge is 0.383 e. The topological polar surface area (TPSA) is 79.0 Å². The van der Waals surface area contributed by atoms with E-state index < -0.39 is 17.9 Å². The molecule has 0 saturated carbocycles. The maximum atomic E-state index is 13.0. The Morgan fingerprint density at radius 2 is 1.92 bits per heavy atom. The highest BCUT2D eigenvalue weighted by Crippen LogP contribution is 2.15. The third-order valence-corrected chi connectivity index (χ3v) is 4.30. The molecule has 2 rings (SSSR count). The Hall–Kier alpha value is -2.48. The maximum Gasteiger partial charge on any atom is 0.312 e. The molecule has 1 heterocycles. The number of hydrogen-bond donors (Lipinski definition) is 1. The molecular weight excluding hydrogens is 341 g/mol. The fraction of sp³-hybridized carbons (Fsp3) is 0.500. The highest BCUT2D eigenvalue weighted by molar-refractivity contribution is 6.35. The number of carbonyl (C=O) groups is 3. The predicted molar refractivity (Wildman–Crippen MR) is 92.5 cm³/mol. The number of piperazine rings is 1. The van der Waals surface area contributed by atoms with E-state index in [0.29, 0.717) is 26.1 Å². The van der Waals surface area contributed by atoms with Crippen LogP contribution in [0.5, 0.6) is 0 Å². The summed E-state index contributed by atoms with van der Waals surface area (Å²) in [6.07, 6.45) is 0.412. The molecule has 1 saturated heterocycles. The maximum absolute atomic E-state index is 13.0. The number of carbonyl (C=O) groups excluding carboxylic acids is 3. The first-order valence-electron chi connectivity index (χ1n) is 8.58. The first kappa shape index (κ1) is 19.8. The number of ether oxygens (including phenoxy) is 1. The molecule has 0 unspecified atom stereocenters. The van der Waals surface area contributed by atoms with Crippen molar-refractivity contribution in [1.82, 2.24) is 15.1 Å². The van der Waals surface area contributed by atoms with Crippen LogP contribution < -0.4 is 5.32 Å². The van der Waals surface area contributed by atoms with Crippen LogP contribution in [0.25, 0.3) is 0 Å². The van der Waals surface area contributed by atoms with Gasteiger partial charge in [-0.15, -0.1) is 0 Å². The minimum Gasteiger partial charge on any atom is -0.383 e. The van der Waals surface area contributed by atoms with Crippen LogP contribution in [0.1, 0.15) is 18.9 Å². The lowest BCUT2D eigenvalue weighted by molar-refractivity contribution is -0.159. The van der Waals surface area contributed by atoms with Gasteiger partial charge in [-0.05, 0) is 24.1 Å². The number of benzene rings is 1. The van der Waals surface area contributed by atoms with E-state index in [1.165, 1.54) is 29.0 Å². The van der Waals surface area contributed by atoms with Crippen molar-refractivity contribution in [3.63, 3.8) is 0 Å². The molecule has 1 aromatic carbocycles. The van der Waals surface area contributed by atoms with Crippen molar-refractivity contribution < 1.29 is 23.5 Å². The zero-order chi connectivity index (χ0) is 19.1. The van der Waals surface area contributed by atoms with Gasteiger partial charge in [-0.1, -0.05) is 19.1 Å². The third-order valence-electron chi connectivity index (χ3n) is 4.30. The summed E-state index contributed by atoms with van der Waals surface area (Å²) in [7, 11) is 1.53. The molecule has 0 aromatic heterocycles. The minimum absolute atomic E-state index is 0.232. The van der Waals surface area contributed by atoms with Gasteiger partial charge >= 0.3 is 11.8 Å². The molecule has 0 spiro atoms. The fourth-order valence-electron chi connectivity index (χ4n) is 2.89. The Bertz CT molecular complexity index is 650. The second-order valence-electron chi connectivity index (χ2n) is 6.06. The highest BCUT2D eigenvalue weighted by atomic mass is 19.1. The molecule has 1 aliphatic heterocycles. The molecule has 1 atom stereocenters. The number of methoxy groups -OCH3 is 1. The number of halogens is 1. The molecule has 7 nitrogen and oxygen atoms in total. The van der Waals surface area contributed by atoms with Crippen LogP contribution in [-0.2, 0) is 25.7 Å². The van der Waals surface area contributed by atoms with Crippen LogP contribution in [0.4, 0.5) is 4.39 Å². The molecule has 1 aliphatic rings. The molecular formula is C18H24FN3O4. The Morgan fingerprint density at radius 3 is 2.54 bits per heavy atom. The van der Waals surface area contributed by atoms with Gasteiger partial charge < -0.3 is 19.9 Å². The van der Waals surface area contributed by atoms with Crippen LogP contribution in [0.3, 0.4) is 0 Å². The summed E-state index contributed by atoms with van der Waals surface area (Å²) >= 11 is 0. The molecule has 3 amide bonds. The first-order chi connectivity index (χ1) is 12.5. The van der Waals surface area contributed by atoms with Crippen LogP contribution in [0.15, 0.2) is 24.3 Å². The minimum atomic E-state index is -0.688. The monoisotopic (exact) mass is 365 g/mol. The highest BCUT2D eigenvalue weighted by Gasteiger charge is 2.38. The van der Waals surface area contributed by atoms with Crippen LogP contribution in [0.2, 0.25) is 0 Å². The van der Waals surface area contributed by atoms with Crippen LogP contribution in [-0.4, -0.2) is 66.9 Å². The van der Waals surface area contributed by atoms with Gasteiger partial charge in [0.25, 0.3) is 0 Å². The summed E-state index contributed by atoms with van der Waals surface area (Å²) in [5.41, 5.74) is 0.741. The van der Waals surface area contributed by atoms with E-state index in [1.54, 1.807) is 19.1 Å². The Balaban J connectivity index is 1.99. The van der Waals surface area contributed by atoms with Gasteiger partial charge in [-0.2, -0.15) is 0 Å². The van der Waals surface area contributed by atoms with Crippen molar-refractivity contribution >= 4 is 17.7 Å². The molecule has 0 aliphatic carbocycles. The molecule has 0 bridgehead atoms. The SMILES string of the molecule is CC[C@H](C(=O)NCCOC)N1CCN(Cc2ccc(F)cc2)C(=O)C1=O. The molecule has 0 radical (unpaired) electrons. The summed E-state index contributed by atoms with van der Waals surface area (Å²) in [4.78, 5) is 39.9. The quantitative estimate of drug-likeness (QED) is 0.539. The number of nitrogens with one attached hydrogen (secondary N) is 1. The van der Waals surface area contributed by atoms with Gasteiger partial charge in [0.05, 0.1) is 6.61 Å². The Labute approximate surface area is 152 Å². The predicted octanol–water partition coefficient (Wildman–Crippen LogP) is 0.538. The molecule has 1 aromatic rings. The number of rotatable bonds is 8. The lowest BCUT2D eigenvalue weighted by Crippen LogP contribution is -2.60. The van der Waals surface area contributed by atoms with E-state index >= 15 is 0 Å².